The summed E-state index contributed by atoms with van der Waals surface area (Å²) in [6.07, 6.45) is 1.83. The van der Waals surface area contributed by atoms with Crippen LogP contribution in [0.15, 0.2) is 48.5 Å². The van der Waals surface area contributed by atoms with E-state index in [1.165, 1.54) is 0 Å². The average molecular weight is 332 g/mol. The van der Waals surface area contributed by atoms with E-state index in [0.29, 0.717) is 22.9 Å². The highest BCUT2D eigenvalue weighted by Gasteiger charge is 2.15. The van der Waals surface area contributed by atoms with Crippen molar-refractivity contribution in [3.8, 4) is 5.75 Å². The Morgan fingerprint density at radius 1 is 1.09 bits per heavy atom. The van der Waals surface area contributed by atoms with Crippen LogP contribution in [0.3, 0.4) is 0 Å². The number of benzene rings is 2. The Labute approximate surface area is 142 Å². The SMILES string of the molecule is CCC(CC)NC(=O)c1ccccc1OCc1ccc(Cl)cc1. The van der Waals surface area contributed by atoms with E-state index in [2.05, 4.69) is 19.2 Å². The van der Waals surface area contributed by atoms with Crippen LogP contribution in [0.1, 0.15) is 42.6 Å². The number of hydrogen-bond donors (Lipinski definition) is 1. The van der Waals surface area contributed by atoms with Crippen LogP contribution in [0.2, 0.25) is 5.02 Å². The molecule has 4 heteroatoms. The van der Waals surface area contributed by atoms with Gasteiger partial charge in [0.2, 0.25) is 0 Å². The highest BCUT2D eigenvalue weighted by molar-refractivity contribution is 6.30. The minimum absolute atomic E-state index is 0.0922. The van der Waals surface area contributed by atoms with Crippen LogP contribution >= 0.6 is 11.6 Å². The minimum Gasteiger partial charge on any atom is -0.488 e. The molecule has 122 valence electrons. The summed E-state index contributed by atoms with van der Waals surface area (Å²) in [6.45, 7) is 4.53. The first kappa shape index (κ1) is 17.4. The van der Waals surface area contributed by atoms with Crippen molar-refractivity contribution < 1.29 is 9.53 Å². The molecule has 0 fully saturated rings. The maximum absolute atomic E-state index is 12.4. The van der Waals surface area contributed by atoms with Crippen LogP contribution in [0, 0.1) is 0 Å². The summed E-state index contributed by atoms with van der Waals surface area (Å²) in [7, 11) is 0. The van der Waals surface area contributed by atoms with Crippen LogP contribution in [0.5, 0.6) is 5.75 Å². The molecule has 1 N–H and O–H groups in total. The molecule has 2 aromatic carbocycles. The summed E-state index contributed by atoms with van der Waals surface area (Å²) in [4.78, 5) is 12.4. The van der Waals surface area contributed by atoms with Crippen molar-refractivity contribution >= 4 is 17.5 Å². The zero-order chi connectivity index (χ0) is 16.7. The Kier molecular flexibility index (Phi) is 6.48. The summed E-state index contributed by atoms with van der Waals surface area (Å²) in [6, 6.07) is 15.0. The Hall–Kier alpha value is -2.00. The molecule has 0 aliphatic rings. The van der Waals surface area contributed by atoms with Crippen LogP contribution < -0.4 is 10.1 Å². The van der Waals surface area contributed by atoms with E-state index in [-0.39, 0.29) is 11.9 Å². The van der Waals surface area contributed by atoms with Crippen molar-refractivity contribution in [2.45, 2.75) is 39.3 Å². The minimum atomic E-state index is -0.0922. The number of ether oxygens (including phenoxy) is 1. The third kappa shape index (κ3) is 5.00. The van der Waals surface area contributed by atoms with E-state index in [0.717, 1.165) is 18.4 Å². The number of amides is 1. The monoisotopic (exact) mass is 331 g/mol. The Bertz CT molecular complexity index is 636. The van der Waals surface area contributed by atoms with Crippen molar-refractivity contribution in [2.75, 3.05) is 0 Å². The zero-order valence-corrected chi connectivity index (χ0v) is 14.3. The van der Waals surface area contributed by atoms with E-state index in [1.54, 1.807) is 6.07 Å². The summed E-state index contributed by atoms with van der Waals surface area (Å²) in [5.74, 6) is 0.497. The molecule has 3 nitrogen and oxygen atoms in total. The van der Waals surface area contributed by atoms with Crippen LogP contribution in [0.25, 0.3) is 0 Å². The molecule has 0 aromatic heterocycles. The lowest BCUT2D eigenvalue weighted by Gasteiger charge is -2.16. The number of nitrogens with one attached hydrogen (secondary N) is 1. The molecule has 23 heavy (non-hydrogen) atoms. The van der Waals surface area contributed by atoms with Gasteiger partial charge in [0.15, 0.2) is 0 Å². The predicted octanol–water partition coefficient (Wildman–Crippen LogP) is 4.84. The number of hydrogen-bond acceptors (Lipinski definition) is 2. The van der Waals surface area contributed by atoms with Crippen molar-refractivity contribution in [3.63, 3.8) is 0 Å². The first-order valence-electron chi connectivity index (χ1n) is 7.91. The maximum Gasteiger partial charge on any atom is 0.255 e. The van der Waals surface area contributed by atoms with E-state index >= 15 is 0 Å². The average Bonchev–Trinajstić information content (AvgIpc) is 2.59. The zero-order valence-electron chi connectivity index (χ0n) is 13.5. The van der Waals surface area contributed by atoms with Crippen molar-refractivity contribution in [2.24, 2.45) is 0 Å². The molecule has 0 atom stereocenters. The van der Waals surface area contributed by atoms with Gasteiger partial charge >= 0.3 is 0 Å². The molecule has 0 aliphatic carbocycles. The molecule has 0 bridgehead atoms. The molecule has 2 aromatic rings. The standard InChI is InChI=1S/C19H22ClNO2/c1-3-16(4-2)21-19(22)17-7-5-6-8-18(17)23-13-14-9-11-15(20)12-10-14/h5-12,16H,3-4,13H2,1-2H3,(H,21,22). The fourth-order valence-corrected chi connectivity index (χ4v) is 2.40. The second kappa shape index (κ2) is 8.59. The lowest BCUT2D eigenvalue weighted by molar-refractivity contribution is 0.0930. The molecule has 0 radical (unpaired) electrons. The van der Waals surface area contributed by atoms with Gasteiger partial charge in [-0.05, 0) is 42.7 Å². The lowest BCUT2D eigenvalue weighted by atomic mass is 10.1. The number of rotatable bonds is 7. The first-order valence-corrected chi connectivity index (χ1v) is 8.29. The number of halogens is 1. The molecule has 0 aliphatic heterocycles. The van der Waals surface area contributed by atoms with E-state index in [1.807, 2.05) is 42.5 Å². The molecule has 0 saturated carbocycles. The Morgan fingerprint density at radius 3 is 2.39 bits per heavy atom. The van der Waals surface area contributed by atoms with Gasteiger partial charge in [0.05, 0.1) is 5.56 Å². The van der Waals surface area contributed by atoms with Gasteiger partial charge in [0.1, 0.15) is 12.4 Å². The lowest BCUT2D eigenvalue weighted by Crippen LogP contribution is -2.34. The molecule has 0 unspecified atom stereocenters. The number of carbonyl (C=O) groups excluding carboxylic acids is 1. The number of carbonyl (C=O) groups is 1. The molecule has 0 spiro atoms. The van der Waals surface area contributed by atoms with Crippen molar-refractivity contribution in [3.05, 3.63) is 64.7 Å². The first-order chi connectivity index (χ1) is 11.1. The van der Waals surface area contributed by atoms with Crippen molar-refractivity contribution in [1.82, 2.24) is 5.32 Å². The summed E-state index contributed by atoms with van der Waals surface area (Å²) in [5, 5.41) is 3.74. The van der Waals surface area contributed by atoms with Gasteiger partial charge in [-0.1, -0.05) is 49.7 Å². The van der Waals surface area contributed by atoms with Gasteiger partial charge in [0, 0.05) is 11.1 Å². The Balaban J connectivity index is 2.07. The van der Waals surface area contributed by atoms with Crippen molar-refractivity contribution in [1.29, 1.82) is 0 Å². The van der Waals surface area contributed by atoms with Gasteiger partial charge in [0.25, 0.3) is 5.91 Å². The summed E-state index contributed by atoms with van der Waals surface area (Å²) in [5.41, 5.74) is 1.57. The summed E-state index contributed by atoms with van der Waals surface area (Å²) < 4.78 is 5.83. The normalized spacial score (nSPS) is 10.6. The largest absolute Gasteiger partial charge is 0.488 e. The van der Waals surface area contributed by atoms with Gasteiger partial charge in [-0.3, -0.25) is 4.79 Å². The summed E-state index contributed by atoms with van der Waals surface area (Å²) >= 11 is 5.88. The molecule has 0 saturated heterocycles. The molecular weight excluding hydrogens is 310 g/mol. The highest BCUT2D eigenvalue weighted by Crippen LogP contribution is 2.20. The fourth-order valence-electron chi connectivity index (χ4n) is 2.28. The van der Waals surface area contributed by atoms with E-state index in [4.69, 9.17) is 16.3 Å². The van der Waals surface area contributed by atoms with E-state index in [9.17, 15) is 4.79 Å². The van der Waals surface area contributed by atoms with Gasteiger partial charge in [-0.25, -0.2) is 0 Å². The topological polar surface area (TPSA) is 38.3 Å². The molecule has 0 heterocycles. The van der Waals surface area contributed by atoms with Gasteiger partial charge < -0.3 is 10.1 Å². The fraction of sp³-hybridized carbons (Fsp3) is 0.316. The second-order valence-corrected chi connectivity index (χ2v) is 5.83. The second-order valence-electron chi connectivity index (χ2n) is 5.40. The van der Waals surface area contributed by atoms with Crippen LogP contribution in [-0.2, 0) is 6.61 Å². The van der Waals surface area contributed by atoms with Crippen LogP contribution in [-0.4, -0.2) is 11.9 Å². The molecule has 2 rings (SSSR count). The third-order valence-corrected chi connectivity index (χ3v) is 4.01. The quantitative estimate of drug-likeness (QED) is 0.788. The smallest absolute Gasteiger partial charge is 0.255 e. The highest BCUT2D eigenvalue weighted by atomic mass is 35.5. The van der Waals surface area contributed by atoms with E-state index < -0.39 is 0 Å². The van der Waals surface area contributed by atoms with Crippen LogP contribution in [0.4, 0.5) is 0 Å². The predicted molar refractivity (Wildman–Crippen MR) is 94.1 cm³/mol. The third-order valence-electron chi connectivity index (χ3n) is 3.76. The molecular formula is C19H22ClNO2. The number of para-hydroxylation sites is 1. The Morgan fingerprint density at radius 2 is 1.74 bits per heavy atom. The molecule has 1 amide bonds. The van der Waals surface area contributed by atoms with Gasteiger partial charge in [-0.2, -0.15) is 0 Å². The maximum atomic E-state index is 12.4. The van der Waals surface area contributed by atoms with Gasteiger partial charge in [-0.15, -0.1) is 0 Å².